The number of carbonyl (C=O) groups excluding carboxylic acids is 1. The van der Waals surface area contributed by atoms with Crippen molar-refractivity contribution < 1.29 is 13.2 Å². The summed E-state index contributed by atoms with van der Waals surface area (Å²) in [5.74, 6) is -0.185. The maximum Gasteiger partial charge on any atom is 0.238 e. The van der Waals surface area contributed by atoms with Gasteiger partial charge in [-0.2, -0.15) is 0 Å². The second kappa shape index (κ2) is 6.34. The van der Waals surface area contributed by atoms with Crippen LogP contribution in [0.3, 0.4) is 0 Å². The van der Waals surface area contributed by atoms with Crippen LogP contribution in [0.2, 0.25) is 0 Å². The number of hydrogen-bond donors (Lipinski definition) is 3. The van der Waals surface area contributed by atoms with Crippen molar-refractivity contribution in [3.63, 3.8) is 0 Å². The highest BCUT2D eigenvalue weighted by Crippen LogP contribution is 2.15. The lowest BCUT2D eigenvalue weighted by atomic mass is 10.0. The minimum Gasteiger partial charge on any atom is -0.348 e. The summed E-state index contributed by atoms with van der Waals surface area (Å²) < 4.78 is 22.3. The topological polar surface area (TPSA) is 115 Å². The molecule has 0 saturated heterocycles. The SMILES string of the molecule is CC(NC(=O)C(N)C(C)C)c1ccc(S(N)(=O)=O)cc1. The average molecular weight is 299 g/mol. The fraction of sp³-hybridized carbons (Fsp3) is 0.462. The van der Waals surface area contributed by atoms with Crippen LogP contribution in [0, 0.1) is 5.92 Å². The van der Waals surface area contributed by atoms with E-state index in [9.17, 15) is 13.2 Å². The molecule has 0 aliphatic rings. The van der Waals surface area contributed by atoms with E-state index in [0.29, 0.717) is 0 Å². The summed E-state index contributed by atoms with van der Waals surface area (Å²) in [5, 5.41) is 7.81. The molecule has 1 rings (SSSR count). The van der Waals surface area contributed by atoms with E-state index < -0.39 is 16.1 Å². The lowest BCUT2D eigenvalue weighted by Crippen LogP contribution is -2.44. The van der Waals surface area contributed by atoms with Crippen LogP contribution in [0.4, 0.5) is 0 Å². The second-order valence-corrected chi connectivity index (χ2v) is 6.68. The second-order valence-electron chi connectivity index (χ2n) is 5.11. The van der Waals surface area contributed by atoms with Gasteiger partial charge in [-0.05, 0) is 30.5 Å². The molecule has 1 aromatic carbocycles. The van der Waals surface area contributed by atoms with Crippen LogP contribution in [-0.2, 0) is 14.8 Å². The van der Waals surface area contributed by atoms with E-state index in [4.69, 9.17) is 10.9 Å². The third-order valence-electron chi connectivity index (χ3n) is 3.09. The van der Waals surface area contributed by atoms with Crippen LogP contribution in [0.15, 0.2) is 29.2 Å². The Morgan fingerprint density at radius 1 is 1.15 bits per heavy atom. The number of sulfonamides is 1. The fourth-order valence-corrected chi connectivity index (χ4v) is 2.16. The van der Waals surface area contributed by atoms with E-state index >= 15 is 0 Å². The Bertz CT molecular complexity index is 567. The number of benzene rings is 1. The Labute approximate surface area is 119 Å². The largest absolute Gasteiger partial charge is 0.348 e. The van der Waals surface area contributed by atoms with Crippen LogP contribution in [0.5, 0.6) is 0 Å². The summed E-state index contributed by atoms with van der Waals surface area (Å²) in [5.41, 5.74) is 6.54. The summed E-state index contributed by atoms with van der Waals surface area (Å²) in [6.07, 6.45) is 0. The van der Waals surface area contributed by atoms with Gasteiger partial charge in [0.1, 0.15) is 0 Å². The number of nitrogens with one attached hydrogen (secondary N) is 1. The van der Waals surface area contributed by atoms with E-state index in [2.05, 4.69) is 5.32 Å². The molecule has 0 radical (unpaired) electrons. The van der Waals surface area contributed by atoms with Crippen molar-refractivity contribution >= 4 is 15.9 Å². The molecule has 0 heterocycles. The predicted octanol–water partition coefficient (Wildman–Crippen LogP) is 0.495. The Hall–Kier alpha value is -1.44. The van der Waals surface area contributed by atoms with Crippen molar-refractivity contribution in [2.75, 3.05) is 0 Å². The molecule has 7 heteroatoms. The maximum absolute atomic E-state index is 11.8. The van der Waals surface area contributed by atoms with Gasteiger partial charge in [0.25, 0.3) is 0 Å². The monoisotopic (exact) mass is 299 g/mol. The molecule has 2 atom stereocenters. The zero-order chi connectivity index (χ0) is 15.5. The van der Waals surface area contributed by atoms with Crippen LogP contribution in [-0.4, -0.2) is 20.4 Å². The van der Waals surface area contributed by atoms with E-state index in [-0.39, 0.29) is 22.8 Å². The standard InChI is InChI=1S/C13H21N3O3S/c1-8(2)12(14)13(17)16-9(3)10-4-6-11(7-5-10)20(15,18)19/h4-9,12H,14H2,1-3H3,(H,16,17)(H2,15,18,19). The molecule has 0 aromatic heterocycles. The van der Waals surface area contributed by atoms with E-state index in [0.717, 1.165) is 5.56 Å². The molecule has 5 N–H and O–H groups in total. The molecule has 0 saturated carbocycles. The van der Waals surface area contributed by atoms with Crippen LogP contribution < -0.4 is 16.2 Å². The molecule has 2 unspecified atom stereocenters. The van der Waals surface area contributed by atoms with Crippen LogP contribution in [0.25, 0.3) is 0 Å². The number of amides is 1. The minimum absolute atomic E-state index is 0.0404. The van der Waals surface area contributed by atoms with Crippen molar-refractivity contribution in [2.24, 2.45) is 16.8 Å². The maximum atomic E-state index is 11.8. The van der Waals surface area contributed by atoms with E-state index in [1.54, 1.807) is 19.1 Å². The molecular weight excluding hydrogens is 278 g/mol. The third-order valence-corrected chi connectivity index (χ3v) is 4.02. The van der Waals surface area contributed by atoms with Gasteiger partial charge in [-0.3, -0.25) is 4.79 Å². The van der Waals surface area contributed by atoms with Gasteiger partial charge in [-0.25, -0.2) is 13.6 Å². The van der Waals surface area contributed by atoms with Crippen molar-refractivity contribution in [1.82, 2.24) is 5.32 Å². The first-order chi connectivity index (χ1) is 9.12. The number of nitrogens with two attached hydrogens (primary N) is 2. The first kappa shape index (κ1) is 16.6. The molecule has 1 amide bonds. The zero-order valence-electron chi connectivity index (χ0n) is 11.8. The summed E-state index contributed by atoms with van der Waals surface area (Å²) in [6.45, 7) is 5.54. The fourth-order valence-electron chi connectivity index (χ4n) is 1.64. The number of hydrogen-bond acceptors (Lipinski definition) is 4. The van der Waals surface area contributed by atoms with Gasteiger partial charge in [0, 0.05) is 0 Å². The van der Waals surface area contributed by atoms with E-state index in [1.165, 1.54) is 12.1 Å². The molecule has 0 aliphatic carbocycles. The Balaban J connectivity index is 2.79. The smallest absolute Gasteiger partial charge is 0.238 e. The summed E-state index contributed by atoms with van der Waals surface area (Å²) in [4.78, 5) is 11.9. The van der Waals surface area contributed by atoms with Crippen molar-refractivity contribution in [1.29, 1.82) is 0 Å². The predicted molar refractivity (Wildman–Crippen MR) is 77.2 cm³/mol. The first-order valence-electron chi connectivity index (χ1n) is 6.31. The Morgan fingerprint density at radius 2 is 1.65 bits per heavy atom. The molecule has 0 fully saturated rings. The number of rotatable bonds is 5. The first-order valence-corrected chi connectivity index (χ1v) is 7.86. The molecule has 6 nitrogen and oxygen atoms in total. The number of carbonyl (C=O) groups is 1. The normalized spacial score (nSPS) is 14.9. The molecule has 20 heavy (non-hydrogen) atoms. The van der Waals surface area contributed by atoms with Gasteiger partial charge in [0.2, 0.25) is 15.9 Å². The van der Waals surface area contributed by atoms with Crippen molar-refractivity contribution in [2.45, 2.75) is 37.8 Å². The van der Waals surface area contributed by atoms with Gasteiger partial charge >= 0.3 is 0 Å². The van der Waals surface area contributed by atoms with Gasteiger partial charge in [-0.1, -0.05) is 26.0 Å². The van der Waals surface area contributed by atoms with Gasteiger partial charge in [-0.15, -0.1) is 0 Å². The molecule has 0 spiro atoms. The summed E-state index contributed by atoms with van der Waals surface area (Å²) in [7, 11) is -3.70. The van der Waals surface area contributed by atoms with Gasteiger partial charge in [0.05, 0.1) is 17.0 Å². The highest BCUT2D eigenvalue weighted by molar-refractivity contribution is 7.89. The minimum atomic E-state index is -3.70. The zero-order valence-corrected chi connectivity index (χ0v) is 12.6. The highest BCUT2D eigenvalue weighted by atomic mass is 32.2. The molecule has 0 aliphatic heterocycles. The molecule has 1 aromatic rings. The quantitative estimate of drug-likeness (QED) is 0.734. The van der Waals surface area contributed by atoms with E-state index in [1.807, 2.05) is 13.8 Å². The lowest BCUT2D eigenvalue weighted by molar-refractivity contribution is -0.123. The molecule has 0 bridgehead atoms. The number of primary sulfonamides is 1. The summed E-state index contributed by atoms with van der Waals surface area (Å²) in [6, 6.07) is 5.23. The lowest BCUT2D eigenvalue weighted by Gasteiger charge is -2.20. The van der Waals surface area contributed by atoms with Crippen molar-refractivity contribution in [3.8, 4) is 0 Å². The Kier molecular flexibility index (Phi) is 5.27. The Morgan fingerprint density at radius 3 is 2.05 bits per heavy atom. The molecule has 112 valence electrons. The van der Waals surface area contributed by atoms with Gasteiger partial charge < -0.3 is 11.1 Å². The highest BCUT2D eigenvalue weighted by Gasteiger charge is 2.19. The summed E-state index contributed by atoms with van der Waals surface area (Å²) >= 11 is 0. The third kappa shape index (κ3) is 4.29. The van der Waals surface area contributed by atoms with Crippen molar-refractivity contribution in [3.05, 3.63) is 29.8 Å². The average Bonchev–Trinajstić information content (AvgIpc) is 2.36. The van der Waals surface area contributed by atoms with Crippen LogP contribution in [0.1, 0.15) is 32.4 Å². The van der Waals surface area contributed by atoms with Gasteiger partial charge in [0.15, 0.2) is 0 Å². The van der Waals surface area contributed by atoms with Crippen LogP contribution >= 0.6 is 0 Å². The molecular formula is C13H21N3O3S.